The maximum Gasteiger partial charge on any atom is 0.243 e. The van der Waals surface area contributed by atoms with E-state index >= 15 is 0 Å². The highest BCUT2D eigenvalue weighted by molar-refractivity contribution is 6.32. The Morgan fingerprint density at radius 2 is 1.79 bits per heavy atom. The second-order valence-corrected chi connectivity index (χ2v) is 5.50. The van der Waals surface area contributed by atoms with E-state index in [2.05, 4.69) is 10.6 Å². The van der Waals surface area contributed by atoms with Gasteiger partial charge in [0.15, 0.2) is 5.82 Å². The Morgan fingerprint density at radius 3 is 2.46 bits per heavy atom. The van der Waals surface area contributed by atoms with Crippen LogP contribution in [-0.4, -0.2) is 26.7 Å². The minimum Gasteiger partial charge on any atom is -0.495 e. The average Bonchev–Trinajstić information content (AvgIpc) is 2.57. The topological polar surface area (TPSA) is 59.6 Å². The molecule has 0 fully saturated rings. The fourth-order valence-corrected chi connectivity index (χ4v) is 2.37. The van der Waals surface area contributed by atoms with Crippen LogP contribution in [-0.2, 0) is 4.79 Å². The second-order valence-electron chi connectivity index (χ2n) is 4.69. The number of ether oxygens (including phenoxy) is 2. The molecule has 0 saturated carbocycles. The van der Waals surface area contributed by atoms with E-state index in [4.69, 9.17) is 32.7 Å². The van der Waals surface area contributed by atoms with Crippen LogP contribution in [0, 0.1) is 5.82 Å². The third-order valence-electron chi connectivity index (χ3n) is 3.14. The molecule has 8 heteroatoms. The van der Waals surface area contributed by atoms with Crippen molar-refractivity contribution in [3.05, 3.63) is 46.2 Å². The highest BCUT2D eigenvalue weighted by Gasteiger charge is 2.13. The van der Waals surface area contributed by atoms with Gasteiger partial charge in [0.2, 0.25) is 5.91 Å². The first-order valence-electron chi connectivity index (χ1n) is 6.85. The van der Waals surface area contributed by atoms with Crippen molar-refractivity contribution >= 4 is 40.5 Å². The van der Waals surface area contributed by atoms with E-state index < -0.39 is 11.7 Å². The number of amides is 1. The van der Waals surface area contributed by atoms with E-state index in [0.717, 1.165) is 0 Å². The number of benzene rings is 2. The molecule has 0 atom stereocenters. The van der Waals surface area contributed by atoms with E-state index in [0.29, 0.717) is 22.2 Å². The molecule has 2 aromatic carbocycles. The molecule has 24 heavy (non-hydrogen) atoms. The molecule has 0 unspecified atom stereocenters. The molecule has 2 N–H and O–H groups in total. The van der Waals surface area contributed by atoms with Gasteiger partial charge >= 0.3 is 0 Å². The summed E-state index contributed by atoms with van der Waals surface area (Å²) in [7, 11) is 2.91. The predicted octanol–water partition coefficient (Wildman–Crippen LogP) is 4.20. The maximum atomic E-state index is 13.8. The largest absolute Gasteiger partial charge is 0.495 e. The van der Waals surface area contributed by atoms with Crippen molar-refractivity contribution in [2.24, 2.45) is 0 Å². The van der Waals surface area contributed by atoms with Crippen LogP contribution in [0.1, 0.15) is 0 Å². The summed E-state index contributed by atoms with van der Waals surface area (Å²) in [6.45, 7) is -0.161. The highest BCUT2D eigenvalue weighted by atomic mass is 35.5. The minimum atomic E-state index is -0.613. The van der Waals surface area contributed by atoms with Gasteiger partial charge in [-0.1, -0.05) is 29.3 Å². The van der Waals surface area contributed by atoms with E-state index in [1.54, 1.807) is 12.1 Å². The minimum absolute atomic E-state index is 0.0236. The third kappa shape index (κ3) is 4.21. The Morgan fingerprint density at radius 1 is 1.08 bits per heavy atom. The quantitative estimate of drug-likeness (QED) is 0.797. The first-order chi connectivity index (χ1) is 11.5. The molecule has 0 aliphatic carbocycles. The predicted molar refractivity (Wildman–Crippen MR) is 93.1 cm³/mol. The molecule has 0 bridgehead atoms. The molecular weight excluding hydrogens is 358 g/mol. The zero-order chi connectivity index (χ0) is 17.7. The van der Waals surface area contributed by atoms with Gasteiger partial charge in [0.1, 0.15) is 11.5 Å². The van der Waals surface area contributed by atoms with Gasteiger partial charge in [0.05, 0.1) is 42.2 Å². The number of carbonyl (C=O) groups excluding carboxylic acids is 1. The molecule has 0 spiro atoms. The molecule has 0 aromatic heterocycles. The SMILES string of the molecule is COc1cc(NC(=O)CNc2cccc(Cl)c2F)c(OC)cc1Cl. The fourth-order valence-electron chi connectivity index (χ4n) is 1.97. The van der Waals surface area contributed by atoms with Crippen LogP contribution in [0.25, 0.3) is 0 Å². The number of halogens is 3. The van der Waals surface area contributed by atoms with Crippen LogP contribution >= 0.6 is 23.2 Å². The van der Waals surface area contributed by atoms with Crippen LogP contribution < -0.4 is 20.1 Å². The summed E-state index contributed by atoms with van der Waals surface area (Å²) in [5.41, 5.74) is 0.524. The summed E-state index contributed by atoms with van der Waals surface area (Å²) in [6, 6.07) is 7.56. The zero-order valence-corrected chi connectivity index (χ0v) is 14.5. The van der Waals surface area contributed by atoms with E-state index in [9.17, 15) is 9.18 Å². The van der Waals surface area contributed by atoms with E-state index in [-0.39, 0.29) is 17.3 Å². The molecule has 0 aliphatic heterocycles. The zero-order valence-electron chi connectivity index (χ0n) is 13.0. The van der Waals surface area contributed by atoms with Crippen molar-refractivity contribution in [1.82, 2.24) is 0 Å². The molecular formula is C16H15Cl2FN2O3. The van der Waals surface area contributed by atoms with Gasteiger partial charge < -0.3 is 20.1 Å². The summed E-state index contributed by atoms with van der Waals surface area (Å²) in [4.78, 5) is 12.1. The average molecular weight is 373 g/mol. The second kappa shape index (κ2) is 8.08. The molecule has 2 rings (SSSR count). The molecule has 128 valence electrons. The van der Waals surface area contributed by atoms with Gasteiger partial charge in [-0.2, -0.15) is 0 Å². The standard InChI is InChI=1S/C16H15Cl2FN2O3/c1-23-13-7-12(14(24-2)6-10(13)18)21-15(22)8-20-11-5-3-4-9(17)16(11)19/h3-7,20H,8H2,1-2H3,(H,21,22). The normalized spacial score (nSPS) is 10.2. The van der Waals surface area contributed by atoms with Crippen molar-refractivity contribution in [1.29, 1.82) is 0 Å². The lowest BCUT2D eigenvalue weighted by Gasteiger charge is -2.14. The first-order valence-corrected chi connectivity index (χ1v) is 7.61. The van der Waals surface area contributed by atoms with Crippen molar-refractivity contribution < 1.29 is 18.7 Å². The summed E-state index contributed by atoms with van der Waals surface area (Å²) < 4.78 is 24.0. The third-order valence-corrected chi connectivity index (χ3v) is 3.73. The number of methoxy groups -OCH3 is 2. The molecule has 0 aliphatic rings. The van der Waals surface area contributed by atoms with E-state index in [1.807, 2.05) is 0 Å². The molecule has 1 amide bonds. The lowest BCUT2D eigenvalue weighted by molar-refractivity contribution is -0.114. The smallest absolute Gasteiger partial charge is 0.243 e. The van der Waals surface area contributed by atoms with Crippen LogP contribution in [0.2, 0.25) is 10.0 Å². The highest BCUT2D eigenvalue weighted by Crippen LogP contribution is 2.35. The van der Waals surface area contributed by atoms with Gasteiger partial charge in [-0.15, -0.1) is 0 Å². The van der Waals surface area contributed by atoms with Crippen molar-refractivity contribution in [3.8, 4) is 11.5 Å². The lowest BCUT2D eigenvalue weighted by Crippen LogP contribution is -2.22. The molecule has 5 nitrogen and oxygen atoms in total. The number of rotatable bonds is 6. The summed E-state index contributed by atoms with van der Waals surface area (Å²) >= 11 is 11.7. The molecule has 2 aromatic rings. The van der Waals surface area contributed by atoms with Gasteiger partial charge in [0, 0.05) is 12.1 Å². The Labute approximate surface area is 148 Å². The van der Waals surface area contributed by atoms with Gasteiger partial charge in [-0.05, 0) is 12.1 Å². The van der Waals surface area contributed by atoms with Crippen LogP contribution in [0.5, 0.6) is 11.5 Å². The maximum absolute atomic E-state index is 13.8. The van der Waals surface area contributed by atoms with Gasteiger partial charge in [-0.25, -0.2) is 4.39 Å². The van der Waals surface area contributed by atoms with Crippen LogP contribution in [0.15, 0.2) is 30.3 Å². The Bertz CT molecular complexity index is 756. The molecule has 0 heterocycles. The van der Waals surface area contributed by atoms with Gasteiger partial charge in [-0.3, -0.25) is 4.79 Å². The van der Waals surface area contributed by atoms with Crippen molar-refractivity contribution in [2.45, 2.75) is 0 Å². The number of hydrogen-bond donors (Lipinski definition) is 2. The van der Waals surface area contributed by atoms with Gasteiger partial charge in [0.25, 0.3) is 0 Å². The van der Waals surface area contributed by atoms with Crippen LogP contribution in [0.4, 0.5) is 15.8 Å². The summed E-state index contributed by atoms with van der Waals surface area (Å²) in [6.07, 6.45) is 0. The summed E-state index contributed by atoms with van der Waals surface area (Å²) in [5.74, 6) is -0.251. The van der Waals surface area contributed by atoms with Crippen molar-refractivity contribution in [3.63, 3.8) is 0 Å². The van der Waals surface area contributed by atoms with Crippen LogP contribution in [0.3, 0.4) is 0 Å². The number of carbonyl (C=O) groups is 1. The Kier molecular flexibility index (Phi) is 6.11. The molecule has 0 radical (unpaired) electrons. The fraction of sp³-hybridized carbons (Fsp3) is 0.188. The monoisotopic (exact) mass is 372 g/mol. The number of nitrogens with one attached hydrogen (secondary N) is 2. The first kappa shape index (κ1) is 18.2. The number of hydrogen-bond acceptors (Lipinski definition) is 4. The summed E-state index contributed by atoms with van der Waals surface area (Å²) in [5, 5.41) is 5.66. The molecule has 0 saturated heterocycles. The Balaban J connectivity index is 2.08. The lowest BCUT2D eigenvalue weighted by atomic mass is 10.2. The number of anilines is 2. The van der Waals surface area contributed by atoms with Crippen molar-refractivity contribution in [2.75, 3.05) is 31.4 Å². The van der Waals surface area contributed by atoms with E-state index in [1.165, 1.54) is 32.4 Å². The Hall–Kier alpha value is -2.18.